The van der Waals surface area contributed by atoms with Crippen molar-refractivity contribution in [3.63, 3.8) is 0 Å². The molecule has 16 heavy (non-hydrogen) atoms. The molecule has 2 aromatic heterocycles. The van der Waals surface area contributed by atoms with Gasteiger partial charge in [0.05, 0.1) is 16.9 Å². The summed E-state index contributed by atoms with van der Waals surface area (Å²) in [5.41, 5.74) is 1.83. The largest absolute Gasteiger partial charge is 0.386 e. The normalized spacial score (nSPS) is 12.9. The van der Waals surface area contributed by atoms with Crippen LogP contribution in [0.25, 0.3) is 0 Å². The lowest BCUT2D eigenvalue weighted by Crippen LogP contribution is -2.10. The van der Waals surface area contributed by atoms with Gasteiger partial charge >= 0.3 is 0 Å². The van der Waals surface area contributed by atoms with Crippen LogP contribution in [0.3, 0.4) is 0 Å². The number of aliphatic hydroxyl groups is 1. The van der Waals surface area contributed by atoms with E-state index in [-0.39, 0.29) is 0 Å². The van der Waals surface area contributed by atoms with E-state index in [0.29, 0.717) is 23.7 Å². The molecular weight excluding hydrogens is 244 g/mol. The van der Waals surface area contributed by atoms with Gasteiger partial charge in [-0.15, -0.1) is 0 Å². The second-order valence-corrected chi connectivity index (χ2v) is 4.73. The smallest absolute Gasteiger partial charge is 0.101 e. The van der Waals surface area contributed by atoms with Crippen molar-refractivity contribution in [3.05, 3.63) is 39.3 Å². The molecule has 0 saturated heterocycles. The third-order valence-electron chi connectivity index (χ3n) is 2.46. The SMILES string of the molecule is CCn1ncc(Cl)c1C(O)Cc1ccsc1. The summed E-state index contributed by atoms with van der Waals surface area (Å²) < 4.78 is 1.74. The zero-order chi connectivity index (χ0) is 11.5. The second kappa shape index (κ2) is 4.99. The average Bonchev–Trinajstić information content (AvgIpc) is 2.87. The van der Waals surface area contributed by atoms with Crippen molar-refractivity contribution in [2.45, 2.75) is 26.0 Å². The van der Waals surface area contributed by atoms with Crippen LogP contribution in [0.1, 0.15) is 24.3 Å². The minimum atomic E-state index is -0.593. The molecule has 0 aromatic carbocycles. The Morgan fingerprint density at radius 3 is 3.06 bits per heavy atom. The number of aromatic nitrogens is 2. The number of hydrogen-bond donors (Lipinski definition) is 1. The van der Waals surface area contributed by atoms with Gasteiger partial charge < -0.3 is 5.11 Å². The lowest BCUT2D eigenvalue weighted by Gasteiger charge is -2.12. The minimum Gasteiger partial charge on any atom is -0.386 e. The molecule has 0 saturated carbocycles. The molecule has 1 atom stereocenters. The van der Waals surface area contributed by atoms with Crippen molar-refractivity contribution in [1.29, 1.82) is 0 Å². The van der Waals surface area contributed by atoms with E-state index in [1.165, 1.54) is 0 Å². The number of aryl methyl sites for hydroxylation is 1. The zero-order valence-corrected chi connectivity index (χ0v) is 10.5. The monoisotopic (exact) mass is 256 g/mol. The predicted octanol–water partition coefficient (Wildman–Crippen LogP) is 2.89. The van der Waals surface area contributed by atoms with Crippen molar-refractivity contribution in [2.75, 3.05) is 0 Å². The van der Waals surface area contributed by atoms with Gasteiger partial charge in [0.2, 0.25) is 0 Å². The number of aliphatic hydroxyl groups excluding tert-OH is 1. The van der Waals surface area contributed by atoms with Gasteiger partial charge in [-0.25, -0.2) is 0 Å². The summed E-state index contributed by atoms with van der Waals surface area (Å²) in [6, 6.07) is 2.01. The molecule has 0 amide bonds. The summed E-state index contributed by atoms with van der Waals surface area (Å²) in [6.45, 7) is 2.69. The fourth-order valence-electron chi connectivity index (χ4n) is 1.68. The Morgan fingerprint density at radius 1 is 1.62 bits per heavy atom. The van der Waals surface area contributed by atoms with Crippen molar-refractivity contribution in [3.8, 4) is 0 Å². The van der Waals surface area contributed by atoms with Crippen LogP contribution in [-0.2, 0) is 13.0 Å². The third kappa shape index (κ3) is 2.29. The zero-order valence-electron chi connectivity index (χ0n) is 8.93. The maximum atomic E-state index is 10.1. The van der Waals surface area contributed by atoms with Crippen molar-refractivity contribution < 1.29 is 5.11 Å². The van der Waals surface area contributed by atoms with Gasteiger partial charge in [0.1, 0.15) is 6.10 Å². The molecule has 0 aliphatic rings. The molecular formula is C11H13ClN2OS. The maximum Gasteiger partial charge on any atom is 0.101 e. The summed E-state index contributed by atoms with van der Waals surface area (Å²) >= 11 is 7.64. The van der Waals surface area contributed by atoms with Gasteiger partial charge in [0, 0.05) is 13.0 Å². The van der Waals surface area contributed by atoms with E-state index < -0.39 is 6.10 Å². The molecule has 2 heterocycles. The molecule has 2 aromatic rings. The number of hydrogen-bond acceptors (Lipinski definition) is 3. The molecule has 1 unspecified atom stereocenters. The van der Waals surface area contributed by atoms with Crippen LogP contribution in [0, 0.1) is 0 Å². The molecule has 2 rings (SSSR count). The Labute approximate surface area is 103 Å². The van der Waals surface area contributed by atoms with Crippen molar-refractivity contribution in [2.24, 2.45) is 0 Å². The second-order valence-electron chi connectivity index (χ2n) is 3.55. The Kier molecular flexibility index (Phi) is 3.63. The summed E-state index contributed by atoms with van der Waals surface area (Å²) in [4.78, 5) is 0. The van der Waals surface area contributed by atoms with Gasteiger partial charge in [-0.2, -0.15) is 16.4 Å². The first-order valence-electron chi connectivity index (χ1n) is 5.12. The standard InChI is InChI=1S/C11H13ClN2OS/c1-2-14-11(9(12)6-13-14)10(15)5-8-3-4-16-7-8/h3-4,6-7,10,15H,2,5H2,1H3. The third-order valence-corrected chi connectivity index (χ3v) is 3.48. The van der Waals surface area contributed by atoms with E-state index in [0.717, 1.165) is 5.56 Å². The molecule has 0 aliphatic carbocycles. The van der Waals surface area contributed by atoms with E-state index in [4.69, 9.17) is 11.6 Å². The molecule has 0 fully saturated rings. The van der Waals surface area contributed by atoms with Gasteiger partial charge in [0.15, 0.2) is 0 Å². The van der Waals surface area contributed by atoms with Crippen LogP contribution in [0.2, 0.25) is 5.02 Å². The number of rotatable bonds is 4. The minimum absolute atomic E-state index is 0.532. The molecule has 86 valence electrons. The highest BCUT2D eigenvalue weighted by Gasteiger charge is 2.17. The molecule has 0 bridgehead atoms. The van der Waals surface area contributed by atoms with Gasteiger partial charge in [0.25, 0.3) is 0 Å². The highest BCUT2D eigenvalue weighted by atomic mass is 35.5. The number of halogens is 1. The molecule has 3 nitrogen and oxygen atoms in total. The predicted molar refractivity (Wildman–Crippen MR) is 65.9 cm³/mol. The van der Waals surface area contributed by atoms with Crippen LogP contribution >= 0.6 is 22.9 Å². The lowest BCUT2D eigenvalue weighted by atomic mass is 10.1. The fraction of sp³-hybridized carbons (Fsp3) is 0.364. The highest BCUT2D eigenvalue weighted by molar-refractivity contribution is 7.07. The highest BCUT2D eigenvalue weighted by Crippen LogP contribution is 2.26. The van der Waals surface area contributed by atoms with E-state index in [1.54, 1.807) is 22.2 Å². The molecule has 0 spiro atoms. The van der Waals surface area contributed by atoms with E-state index >= 15 is 0 Å². The maximum absolute atomic E-state index is 10.1. The molecule has 0 aliphatic heterocycles. The summed E-state index contributed by atoms with van der Waals surface area (Å²) in [7, 11) is 0. The molecule has 1 N–H and O–H groups in total. The van der Waals surface area contributed by atoms with Crippen LogP contribution in [-0.4, -0.2) is 14.9 Å². The van der Waals surface area contributed by atoms with E-state index in [1.807, 2.05) is 23.8 Å². The average molecular weight is 257 g/mol. The van der Waals surface area contributed by atoms with Crippen LogP contribution < -0.4 is 0 Å². The van der Waals surface area contributed by atoms with Crippen molar-refractivity contribution >= 4 is 22.9 Å². The van der Waals surface area contributed by atoms with Gasteiger partial charge in [-0.1, -0.05) is 11.6 Å². The first kappa shape index (κ1) is 11.6. The van der Waals surface area contributed by atoms with Crippen LogP contribution in [0.15, 0.2) is 23.0 Å². The summed E-state index contributed by atoms with van der Waals surface area (Å²) in [5.74, 6) is 0. The van der Waals surface area contributed by atoms with Crippen LogP contribution in [0.5, 0.6) is 0 Å². The Morgan fingerprint density at radius 2 is 2.44 bits per heavy atom. The van der Waals surface area contributed by atoms with E-state index in [2.05, 4.69) is 5.10 Å². The number of nitrogens with zero attached hydrogens (tertiary/aromatic N) is 2. The fourth-order valence-corrected chi connectivity index (χ4v) is 2.63. The Bertz CT molecular complexity index is 453. The topological polar surface area (TPSA) is 38.0 Å². The Hall–Kier alpha value is -0.840. The summed E-state index contributed by atoms with van der Waals surface area (Å²) in [6.07, 6.45) is 1.57. The Balaban J connectivity index is 2.20. The number of thiophene rings is 1. The lowest BCUT2D eigenvalue weighted by molar-refractivity contribution is 0.167. The summed E-state index contributed by atoms with van der Waals surface area (Å²) in [5, 5.41) is 18.8. The first-order chi connectivity index (χ1) is 7.72. The van der Waals surface area contributed by atoms with Gasteiger partial charge in [-0.3, -0.25) is 4.68 Å². The van der Waals surface area contributed by atoms with Crippen LogP contribution in [0.4, 0.5) is 0 Å². The van der Waals surface area contributed by atoms with Gasteiger partial charge in [-0.05, 0) is 29.3 Å². The van der Waals surface area contributed by atoms with Crippen molar-refractivity contribution in [1.82, 2.24) is 9.78 Å². The quantitative estimate of drug-likeness (QED) is 0.914. The molecule has 0 radical (unpaired) electrons. The van der Waals surface area contributed by atoms with E-state index in [9.17, 15) is 5.11 Å². The first-order valence-corrected chi connectivity index (χ1v) is 6.44. The molecule has 5 heteroatoms.